The van der Waals surface area contributed by atoms with Gasteiger partial charge in [-0.15, -0.1) is 0 Å². The van der Waals surface area contributed by atoms with Gasteiger partial charge in [0.2, 0.25) is 10.0 Å². The van der Waals surface area contributed by atoms with E-state index in [1.807, 2.05) is 6.07 Å². The van der Waals surface area contributed by atoms with Crippen molar-refractivity contribution in [3.8, 4) is 0 Å². The zero-order valence-electron chi connectivity index (χ0n) is 11.8. The lowest BCUT2D eigenvalue weighted by molar-refractivity contribution is 0.521. The van der Waals surface area contributed by atoms with Crippen LogP contribution in [0.15, 0.2) is 29.2 Å². The molecule has 0 saturated carbocycles. The molecule has 0 aliphatic carbocycles. The Morgan fingerprint density at radius 3 is 2.42 bits per heavy atom. The maximum absolute atomic E-state index is 12.2. The van der Waals surface area contributed by atoms with Crippen LogP contribution in [0.4, 0.5) is 5.69 Å². The van der Waals surface area contributed by atoms with E-state index in [-0.39, 0.29) is 0 Å². The van der Waals surface area contributed by atoms with E-state index in [2.05, 4.69) is 17.6 Å². The van der Waals surface area contributed by atoms with E-state index in [0.29, 0.717) is 17.1 Å². The summed E-state index contributed by atoms with van der Waals surface area (Å²) in [5.74, 6) is 0. The molecule has 0 heterocycles. The van der Waals surface area contributed by atoms with Crippen molar-refractivity contribution in [3.63, 3.8) is 0 Å². The number of benzene rings is 1. The molecule has 0 spiro atoms. The standard InChI is InChI=1S/C13H23N3O2S/c1-4-9-14-10-11-15-12-7-5-6-8-13(12)19(17,18)16(2)3/h5-8,14-15H,4,9-11H2,1-3H3. The average Bonchev–Trinajstić information content (AvgIpc) is 2.38. The monoisotopic (exact) mass is 285 g/mol. The van der Waals surface area contributed by atoms with Crippen molar-refractivity contribution in [2.24, 2.45) is 0 Å². The maximum atomic E-state index is 12.2. The number of nitrogens with one attached hydrogen (secondary N) is 2. The number of nitrogens with zero attached hydrogens (tertiary/aromatic N) is 1. The summed E-state index contributed by atoms with van der Waals surface area (Å²) in [5.41, 5.74) is 0.648. The predicted molar refractivity (Wildman–Crippen MR) is 79.0 cm³/mol. The van der Waals surface area contributed by atoms with Gasteiger partial charge in [0.25, 0.3) is 0 Å². The third-order valence-electron chi connectivity index (χ3n) is 2.69. The second-order valence-electron chi connectivity index (χ2n) is 4.46. The Bertz CT molecular complexity index is 486. The molecule has 5 nitrogen and oxygen atoms in total. The van der Waals surface area contributed by atoms with Gasteiger partial charge < -0.3 is 10.6 Å². The van der Waals surface area contributed by atoms with Crippen molar-refractivity contribution in [3.05, 3.63) is 24.3 Å². The Balaban J connectivity index is 2.74. The van der Waals surface area contributed by atoms with E-state index < -0.39 is 10.0 Å². The molecule has 0 aliphatic heterocycles. The van der Waals surface area contributed by atoms with E-state index in [1.165, 1.54) is 18.4 Å². The highest BCUT2D eigenvalue weighted by atomic mass is 32.2. The first-order valence-corrected chi connectivity index (χ1v) is 7.90. The molecule has 0 bridgehead atoms. The predicted octanol–water partition coefficient (Wildman–Crippen LogP) is 1.35. The van der Waals surface area contributed by atoms with Crippen LogP contribution in [-0.4, -0.2) is 46.5 Å². The summed E-state index contributed by atoms with van der Waals surface area (Å²) >= 11 is 0. The van der Waals surface area contributed by atoms with Crippen LogP contribution in [0.1, 0.15) is 13.3 Å². The smallest absolute Gasteiger partial charge is 0.244 e. The maximum Gasteiger partial charge on any atom is 0.244 e. The number of hydrogen-bond donors (Lipinski definition) is 2. The van der Waals surface area contributed by atoms with E-state index in [9.17, 15) is 8.42 Å². The van der Waals surface area contributed by atoms with Gasteiger partial charge >= 0.3 is 0 Å². The fourth-order valence-corrected chi connectivity index (χ4v) is 2.68. The van der Waals surface area contributed by atoms with Crippen LogP contribution in [0.3, 0.4) is 0 Å². The lowest BCUT2D eigenvalue weighted by Gasteiger charge is -2.16. The number of para-hydroxylation sites is 1. The summed E-state index contributed by atoms with van der Waals surface area (Å²) in [4.78, 5) is 0.315. The molecule has 0 radical (unpaired) electrons. The number of rotatable bonds is 8. The Labute approximate surface area is 116 Å². The summed E-state index contributed by atoms with van der Waals surface area (Å²) in [5, 5.41) is 6.43. The molecule has 0 aliphatic rings. The normalized spacial score (nSPS) is 11.8. The second-order valence-corrected chi connectivity index (χ2v) is 6.58. The van der Waals surface area contributed by atoms with Gasteiger partial charge in [0.05, 0.1) is 5.69 Å². The minimum atomic E-state index is -3.40. The average molecular weight is 285 g/mol. The summed E-state index contributed by atoms with van der Waals surface area (Å²) in [6.45, 7) is 4.59. The van der Waals surface area contributed by atoms with Crippen molar-refractivity contribution in [2.45, 2.75) is 18.2 Å². The fourth-order valence-electron chi connectivity index (χ4n) is 1.62. The molecule has 1 aromatic carbocycles. The van der Waals surface area contributed by atoms with Gasteiger partial charge in [-0.1, -0.05) is 19.1 Å². The molecule has 0 unspecified atom stereocenters. The molecular weight excluding hydrogens is 262 g/mol. The Morgan fingerprint density at radius 1 is 1.11 bits per heavy atom. The first kappa shape index (κ1) is 15.9. The molecular formula is C13H23N3O2S. The van der Waals surface area contributed by atoms with E-state index >= 15 is 0 Å². The highest BCUT2D eigenvalue weighted by Gasteiger charge is 2.20. The SMILES string of the molecule is CCCNCCNc1ccccc1S(=O)(=O)N(C)C. The zero-order chi connectivity index (χ0) is 14.3. The molecule has 2 N–H and O–H groups in total. The number of anilines is 1. The molecule has 108 valence electrons. The van der Waals surface area contributed by atoms with Gasteiger partial charge in [-0.3, -0.25) is 0 Å². The first-order valence-electron chi connectivity index (χ1n) is 6.46. The first-order chi connectivity index (χ1) is 9.00. The van der Waals surface area contributed by atoms with Crippen LogP contribution in [0, 0.1) is 0 Å². The Morgan fingerprint density at radius 2 is 1.79 bits per heavy atom. The van der Waals surface area contributed by atoms with E-state index in [0.717, 1.165) is 19.5 Å². The van der Waals surface area contributed by atoms with Gasteiger partial charge in [0.1, 0.15) is 4.90 Å². The molecule has 0 fully saturated rings. The van der Waals surface area contributed by atoms with Gasteiger partial charge in [-0.2, -0.15) is 0 Å². The van der Waals surface area contributed by atoms with E-state index in [1.54, 1.807) is 18.2 Å². The van der Waals surface area contributed by atoms with Crippen molar-refractivity contribution >= 4 is 15.7 Å². The van der Waals surface area contributed by atoms with Crippen molar-refractivity contribution in [1.29, 1.82) is 0 Å². The molecule has 0 saturated heterocycles. The van der Waals surface area contributed by atoms with Crippen LogP contribution in [0.2, 0.25) is 0 Å². The quantitative estimate of drug-likeness (QED) is 0.708. The van der Waals surface area contributed by atoms with Crippen LogP contribution >= 0.6 is 0 Å². The highest BCUT2D eigenvalue weighted by molar-refractivity contribution is 7.89. The zero-order valence-corrected chi connectivity index (χ0v) is 12.6. The minimum Gasteiger partial charge on any atom is -0.383 e. The number of sulfonamides is 1. The van der Waals surface area contributed by atoms with Crippen molar-refractivity contribution < 1.29 is 8.42 Å². The number of hydrogen-bond acceptors (Lipinski definition) is 4. The molecule has 19 heavy (non-hydrogen) atoms. The van der Waals surface area contributed by atoms with E-state index in [4.69, 9.17) is 0 Å². The van der Waals surface area contributed by atoms with Crippen molar-refractivity contribution in [1.82, 2.24) is 9.62 Å². The summed E-state index contributed by atoms with van der Waals surface area (Å²) < 4.78 is 25.5. The van der Waals surface area contributed by atoms with Gasteiger partial charge in [-0.05, 0) is 25.1 Å². The van der Waals surface area contributed by atoms with Gasteiger partial charge in [0.15, 0.2) is 0 Å². The van der Waals surface area contributed by atoms with Crippen molar-refractivity contribution in [2.75, 3.05) is 39.0 Å². The van der Waals surface area contributed by atoms with Crippen LogP contribution in [0.25, 0.3) is 0 Å². The summed E-state index contributed by atoms with van der Waals surface area (Å²) in [6, 6.07) is 6.97. The van der Waals surface area contributed by atoms with Gasteiger partial charge in [0, 0.05) is 27.2 Å². The summed E-state index contributed by atoms with van der Waals surface area (Å²) in [7, 11) is -0.331. The lowest BCUT2D eigenvalue weighted by atomic mass is 10.3. The summed E-state index contributed by atoms with van der Waals surface area (Å²) in [6.07, 6.45) is 1.09. The molecule has 6 heteroatoms. The third-order valence-corrected chi connectivity index (χ3v) is 4.56. The Hall–Kier alpha value is -1.11. The molecule has 0 aromatic heterocycles. The minimum absolute atomic E-state index is 0.315. The lowest BCUT2D eigenvalue weighted by Crippen LogP contribution is -2.25. The molecule has 1 aromatic rings. The third kappa shape index (κ3) is 4.49. The molecule has 1 rings (SSSR count). The van der Waals surface area contributed by atoms with Gasteiger partial charge in [-0.25, -0.2) is 12.7 Å². The Kier molecular flexibility index (Phi) is 6.27. The van der Waals surface area contributed by atoms with Crippen LogP contribution in [0.5, 0.6) is 0 Å². The molecule has 0 amide bonds. The van der Waals surface area contributed by atoms with Crippen LogP contribution < -0.4 is 10.6 Å². The molecule has 0 atom stereocenters. The topological polar surface area (TPSA) is 61.4 Å². The fraction of sp³-hybridized carbons (Fsp3) is 0.538. The second kappa shape index (κ2) is 7.47. The van der Waals surface area contributed by atoms with Crippen LogP contribution in [-0.2, 0) is 10.0 Å². The highest BCUT2D eigenvalue weighted by Crippen LogP contribution is 2.22. The largest absolute Gasteiger partial charge is 0.383 e.